The van der Waals surface area contributed by atoms with Gasteiger partial charge >= 0.3 is 0 Å². The molecule has 0 bridgehead atoms. The van der Waals surface area contributed by atoms with Crippen molar-refractivity contribution in [3.05, 3.63) is 71.4 Å². The number of nitrogens with two attached hydrogens (primary N) is 1. The van der Waals surface area contributed by atoms with Gasteiger partial charge in [0.1, 0.15) is 11.6 Å². The average Bonchev–Trinajstić information content (AvgIpc) is 2.68. The van der Waals surface area contributed by atoms with Crippen LogP contribution >= 0.6 is 0 Å². The lowest BCUT2D eigenvalue weighted by Crippen LogP contribution is -2.39. The summed E-state index contributed by atoms with van der Waals surface area (Å²) in [6, 6.07) is 9.90. The molecule has 28 heavy (non-hydrogen) atoms. The molecule has 0 atom stereocenters. The van der Waals surface area contributed by atoms with Crippen LogP contribution in [0.5, 0.6) is 0 Å². The van der Waals surface area contributed by atoms with E-state index in [2.05, 4.69) is 16.4 Å². The second kappa shape index (κ2) is 7.92. The van der Waals surface area contributed by atoms with E-state index in [1.54, 1.807) is 18.2 Å². The Hall–Kier alpha value is -2.40. The molecule has 1 fully saturated rings. The number of nitrogen functional groups attached to an aromatic ring is 1. The van der Waals surface area contributed by atoms with Crippen molar-refractivity contribution in [3.8, 4) is 0 Å². The maximum Gasteiger partial charge on any atom is 0.125 e. The molecule has 3 nitrogen and oxygen atoms in total. The lowest BCUT2D eigenvalue weighted by Gasteiger charge is -2.38. The lowest BCUT2D eigenvalue weighted by atomic mass is 9.89. The highest BCUT2D eigenvalue weighted by Gasteiger charge is 2.25. The second-order valence-corrected chi connectivity index (χ2v) is 7.93. The maximum absolute atomic E-state index is 13.7. The first-order valence-electron chi connectivity index (χ1n) is 10.0. The number of anilines is 2. The summed E-state index contributed by atoms with van der Waals surface area (Å²) < 4.78 is 26.8. The van der Waals surface area contributed by atoms with E-state index in [0.29, 0.717) is 11.6 Å². The van der Waals surface area contributed by atoms with E-state index in [-0.39, 0.29) is 11.6 Å². The van der Waals surface area contributed by atoms with E-state index >= 15 is 0 Å². The van der Waals surface area contributed by atoms with E-state index in [1.807, 2.05) is 12.1 Å². The van der Waals surface area contributed by atoms with Gasteiger partial charge in [0.15, 0.2) is 0 Å². The van der Waals surface area contributed by atoms with Crippen molar-refractivity contribution in [1.29, 1.82) is 0 Å². The number of piperidine rings is 1. The maximum atomic E-state index is 13.7. The molecule has 1 saturated heterocycles. The summed E-state index contributed by atoms with van der Waals surface area (Å²) in [5.41, 5.74) is 10.8. The zero-order chi connectivity index (χ0) is 19.7. The minimum absolute atomic E-state index is 0.182. The first-order chi connectivity index (χ1) is 13.5. The van der Waals surface area contributed by atoms with E-state index < -0.39 is 0 Å². The standard InChI is InChI=1S/C23H27F2N3/c1-16(28-10-2-3-19-13-21(25)14-22(26)23(19)28)15-27-11-8-18(9-12-27)17-4-6-20(24)7-5-17/h4-7,13-14,18H,1-3,8-12,15,26H2. The van der Waals surface area contributed by atoms with Gasteiger partial charge in [-0.25, -0.2) is 8.78 Å². The van der Waals surface area contributed by atoms with Crippen molar-refractivity contribution >= 4 is 11.4 Å². The summed E-state index contributed by atoms with van der Waals surface area (Å²) >= 11 is 0. The smallest absolute Gasteiger partial charge is 0.125 e. The third-order valence-electron chi connectivity index (χ3n) is 6.00. The molecule has 2 aromatic rings. The molecular formula is C23H27F2N3. The van der Waals surface area contributed by atoms with Gasteiger partial charge in [-0.2, -0.15) is 0 Å². The number of halogens is 2. The number of benzene rings is 2. The van der Waals surface area contributed by atoms with Gasteiger partial charge < -0.3 is 10.6 Å². The first kappa shape index (κ1) is 18.9. The van der Waals surface area contributed by atoms with Crippen molar-refractivity contribution in [1.82, 2.24) is 4.90 Å². The largest absolute Gasteiger partial charge is 0.397 e. The molecule has 2 heterocycles. The van der Waals surface area contributed by atoms with Crippen LogP contribution in [-0.2, 0) is 6.42 Å². The Labute approximate surface area is 165 Å². The van der Waals surface area contributed by atoms with E-state index in [9.17, 15) is 8.78 Å². The predicted octanol–water partition coefficient (Wildman–Crippen LogP) is 4.69. The van der Waals surface area contributed by atoms with Crippen LogP contribution in [-0.4, -0.2) is 31.1 Å². The third-order valence-corrected chi connectivity index (χ3v) is 6.00. The molecule has 0 saturated carbocycles. The highest BCUT2D eigenvalue weighted by atomic mass is 19.1. The van der Waals surface area contributed by atoms with Crippen molar-refractivity contribution in [2.45, 2.75) is 31.6 Å². The third kappa shape index (κ3) is 3.90. The molecule has 5 heteroatoms. The van der Waals surface area contributed by atoms with Gasteiger partial charge in [-0.3, -0.25) is 4.90 Å². The molecule has 0 aliphatic carbocycles. The van der Waals surface area contributed by atoms with Crippen molar-refractivity contribution in [2.24, 2.45) is 0 Å². The van der Waals surface area contributed by atoms with E-state index in [4.69, 9.17) is 5.73 Å². The fraction of sp³-hybridized carbons (Fsp3) is 0.391. The molecular weight excluding hydrogens is 356 g/mol. The van der Waals surface area contributed by atoms with Crippen LogP contribution in [0.3, 0.4) is 0 Å². The van der Waals surface area contributed by atoms with Crippen molar-refractivity contribution < 1.29 is 8.78 Å². The second-order valence-electron chi connectivity index (χ2n) is 7.93. The Morgan fingerprint density at radius 1 is 1.04 bits per heavy atom. The Balaban J connectivity index is 1.39. The van der Waals surface area contributed by atoms with Gasteiger partial charge in [-0.1, -0.05) is 18.7 Å². The van der Waals surface area contributed by atoms with Crippen molar-refractivity contribution in [3.63, 3.8) is 0 Å². The van der Waals surface area contributed by atoms with Gasteiger partial charge in [0.2, 0.25) is 0 Å². The molecule has 0 aromatic heterocycles. The Morgan fingerprint density at radius 2 is 1.75 bits per heavy atom. The van der Waals surface area contributed by atoms with Crippen LogP contribution in [0.15, 0.2) is 48.7 Å². The molecule has 2 aliphatic heterocycles. The fourth-order valence-corrected chi connectivity index (χ4v) is 4.56. The van der Waals surface area contributed by atoms with Gasteiger partial charge in [-0.15, -0.1) is 0 Å². The van der Waals surface area contributed by atoms with Crippen LogP contribution < -0.4 is 10.6 Å². The first-order valence-corrected chi connectivity index (χ1v) is 10.0. The number of fused-ring (bicyclic) bond motifs is 1. The number of aryl methyl sites for hydroxylation is 1. The molecule has 2 aromatic carbocycles. The number of rotatable bonds is 4. The summed E-state index contributed by atoms with van der Waals surface area (Å²) in [6.07, 6.45) is 3.94. The number of nitrogens with zero attached hydrogens (tertiary/aromatic N) is 2. The van der Waals surface area contributed by atoms with Gasteiger partial charge in [0.05, 0.1) is 11.4 Å². The van der Waals surface area contributed by atoms with Crippen LogP contribution in [0.4, 0.5) is 20.2 Å². The minimum atomic E-state index is -0.272. The molecule has 0 radical (unpaired) electrons. The molecule has 4 rings (SSSR count). The Morgan fingerprint density at radius 3 is 2.46 bits per heavy atom. The highest BCUT2D eigenvalue weighted by molar-refractivity contribution is 5.75. The van der Waals surface area contributed by atoms with Crippen LogP contribution in [0.25, 0.3) is 0 Å². The predicted molar refractivity (Wildman–Crippen MR) is 110 cm³/mol. The SMILES string of the molecule is C=C(CN1CCC(c2ccc(F)cc2)CC1)N1CCCc2cc(F)cc(N)c21. The quantitative estimate of drug-likeness (QED) is 0.777. The summed E-state index contributed by atoms with van der Waals surface area (Å²) in [5, 5.41) is 0. The number of hydrogen-bond donors (Lipinski definition) is 1. The molecule has 0 amide bonds. The lowest BCUT2D eigenvalue weighted by molar-refractivity contribution is 0.227. The van der Waals surface area contributed by atoms with Crippen LogP contribution in [0.2, 0.25) is 0 Å². The minimum Gasteiger partial charge on any atom is -0.397 e. The van der Waals surface area contributed by atoms with E-state index in [1.165, 1.54) is 11.6 Å². The van der Waals surface area contributed by atoms with Gasteiger partial charge in [-0.05, 0) is 80.1 Å². The topological polar surface area (TPSA) is 32.5 Å². The Kier molecular flexibility index (Phi) is 5.36. The molecule has 0 spiro atoms. The van der Waals surface area contributed by atoms with Gasteiger partial charge in [0, 0.05) is 18.8 Å². The summed E-state index contributed by atoms with van der Waals surface area (Å²) in [7, 11) is 0. The van der Waals surface area contributed by atoms with Crippen LogP contribution in [0, 0.1) is 11.6 Å². The monoisotopic (exact) mass is 383 g/mol. The number of likely N-dealkylation sites (tertiary alicyclic amines) is 1. The molecule has 2 aliphatic rings. The highest BCUT2D eigenvalue weighted by Crippen LogP contribution is 2.36. The summed E-state index contributed by atoms with van der Waals surface area (Å²) in [6.45, 7) is 7.94. The zero-order valence-corrected chi connectivity index (χ0v) is 16.1. The summed E-state index contributed by atoms with van der Waals surface area (Å²) in [5.74, 6) is 0.0319. The Bertz CT molecular complexity index is 855. The van der Waals surface area contributed by atoms with Gasteiger partial charge in [0.25, 0.3) is 0 Å². The number of hydrogen-bond acceptors (Lipinski definition) is 3. The normalized spacial score (nSPS) is 18.1. The molecule has 0 unspecified atom stereocenters. The average molecular weight is 383 g/mol. The van der Waals surface area contributed by atoms with Crippen molar-refractivity contribution in [2.75, 3.05) is 36.8 Å². The fourth-order valence-electron chi connectivity index (χ4n) is 4.56. The molecule has 148 valence electrons. The summed E-state index contributed by atoms with van der Waals surface area (Å²) in [4.78, 5) is 4.58. The van der Waals surface area contributed by atoms with Crippen LogP contribution in [0.1, 0.15) is 36.3 Å². The molecule has 2 N–H and O–H groups in total. The zero-order valence-electron chi connectivity index (χ0n) is 16.1. The van der Waals surface area contributed by atoms with E-state index in [0.717, 1.165) is 68.8 Å².